The number of carboxylic acids is 1. The molecule has 10 nitrogen and oxygen atoms in total. The molecule has 0 aliphatic rings. The summed E-state index contributed by atoms with van der Waals surface area (Å²) in [6, 6.07) is -4.21. The van der Waals surface area contributed by atoms with E-state index in [-0.39, 0.29) is 24.2 Å². The molecule has 0 rings (SSSR count). The van der Waals surface area contributed by atoms with Crippen molar-refractivity contribution in [1.82, 2.24) is 16.0 Å². The Bertz CT molecular complexity index is 609. The maximum atomic E-state index is 12.8. The predicted octanol–water partition coefficient (Wildman–Crippen LogP) is -0.0167. The molecule has 0 saturated carbocycles. The van der Waals surface area contributed by atoms with Gasteiger partial charge in [-0.2, -0.15) is 0 Å². The van der Waals surface area contributed by atoms with Gasteiger partial charge in [-0.15, -0.1) is 0 Å². The van der Waals surface area contributed by atoms with Crippen molar-refractivity contribution in [3.05, 3.63) is 0 Å². The van der Waals surface area contributed by atoms with E-state index in [0.717, 1.165) is 0 Å². The molecule has 0 fully saturated rings. The van der Waals surface area contributed by atoms with Gasteiger partial charge in [-0.25, -0.2) is 4.79 Å². The molecule has 180 valence electrons. The summed E-state index contributed by atoms with van der Waals surface area (Å²) in [6.45, 7) is 10.5. The summed E-state index contributed by atoms with van der Waals surface area (Å²) >= 11 is 0. The standard InChI is InChI=1S/C21H40N4O6/c1-11(2)7-14(22)18(27)23-15(8-12(3)4)19(28)25-17(10-26)20(29)24-16(21(30)31)9-13(5)6/h11-17,26H,7-10,22H2,1-6H3,(H,23,27)(H,24,29)(H,25,28)(H,30,31). The number of nitrogens with one attached hydrogen (secondary N) is 3. The van der Waals surface area contributed by atoms with E-state index in [0.29, 0.717) is 12.8 Å². The summed E-state index contributed by atoms with van der Waals surface area (Å²) in [5.41, 5.74) is 5.89. The van der Waals surface area contributed by atoms with Gasteiger partial charge >= 0.3 is 5.97 Å². The highest BCUT2D eigenvalue weighted by Gasteiger charge is 2.30. The van der Waals surface area contributed by atoms with Crippen molar-refractivity contribution in [3.63, 3.8) is 0 Å². The molecule has 0 bridgehead atoms. The minimum absolute atomic E-state index is 0.0178. The fourth-order valence-electron chi connectivity index (χ4n) is 3.03. The number of aliphatic hydroxyl groups is 1. The zero-order valence-electron chi connectivity index (χ0n) is 19.5. The molecule has 0 heterocycles. The molecule has 7 N–H and O–H groups in total. The van der Waals surface area contributed by atoms with Gasteiger partial charge in [-0.05, 0) is 37.0 Å². The van der Waals surface area contributed by atoms with E-state index in [4.69, 9.17) is 5.73 Å². The molecule has 4 unspecified atom stereocenters. The van der Waals surface area contributed by atoms with Gasteiger partial charge in [0, 0.05) is 0 Å². The van der Waals surface area contributed by atoms with E-state index in [9.17, 15) is 29.4 Å². The van der Waals surface area contributed by atoms with Crippen LogP contribution in [0.25, 0.3) is 0 Å². The normalized spacial score (nSPS) is 15.3. The number of hydrogen-bond acceptors (Lipinski definition) is 6. The maximum Gasteiger partial charge on any atom is 0.326 e. The minimum Gasteiger partial charge on any atom is -0.480 e. The van der Waals surface area contributed by atoms with Crippen molar-refractivity contribution >= 4 is 23.7 Å². The number of nitrogens with two attached hydrogens (primary N) is 1. The van der Waals surface area contributed by atoms with E-state index in [1.807, 2.05) is 41.5 Å². The first-order valence-corrected chi connectivity index (χ1v) is 10.8. The Morgan fingerprint density at radius 1 is 0.677 bits per heavy atom. The van der Waals surface area contributed by atoms with Crippen LogP contribution in [0.4, 0.5) is 0 Å². The molecule has 3 amide bonds. The summed E-state index contributed by atoms with van der Waals surface area (Å²) in [7, 11) is 0. The van der Waals surface area contributed by atoms with Gasteiger partial charge in [-0.3, -0.25) is 14.4 Å². The highest BCUT2D eigenvalue weighted by molar-refractivity contribution is 5.94. The van der Waals surface area contributed by atoms with Crippen LogP contribution in [0.1, 0.15) is 60.8 Å². The molecule has 0 aliphatic heterocycles. The van der Waals surface area contributed by atoms with E-state index in [1.54, 1.807) is 0 Å². The summed E-state index contributed by atoms with van der Waals surface area (Å²) in [5, 5.41) is 26.2. The van der Waals surface area contributed by atoms with Crippen molar-refractivity contribution in [2.75, 3.05) is 6.61 Å². The average molecular weight is 445 g/mol. The first-order valence-electron chi connectivity index (χ1n) is 10.8. The van der Waals surface area contributed by atoms with Crippen LogP contribution in [0.3, 0.4) is 0 Å². The van der Waals surface area contributed by atoms with E-state index >= 15 is 0 Å². The summed E-state index contributed by atoms with van der Waals surface area (Å²) in [5.74, 6) is -2.85. The molecule has 0 aromatic heterocycles. The highest BCUT2D eigenvalue weighted by atomic mass is 16.4. The fourth-order valence-corrected chi connectivity index (χ4v) is 3.03. The lowest BCUT2D eigenvalue weighted by Gasteiger charge is -2.25. The quantitative estimate of drug-likeness (QED) is 0.219. The van der Waals surface area contributed by atoms with Gasteiger partial charge in [0.2, 0.25) is 17.7 Å². The molecule has 4 atom stereocenters. The zero-order valence-corrected chi connectivity index (χ0v) is 19.5. The number of aliphatic carboxylic acids is 1. The number of rotatable bonds is 14. The molecular weight excluding hydrogens is 404 g/mol. The van der Waals surface area contributed by atoms with E-state index in [1.165, 1.54) is 0 Å². The molecule has 0 spiro atoms. The third-order valence-corrected chi connectivity index (χ3v) is 4.54. The SMILES string of the molecule is CC(C)CC(N)C(=O)NC(CC(C)C)C(=O)NC(CO)C(=O)NC(CC(C)C)C(=O)O. The van der Waals surface area contributed by atoms with Gasteiger partial charge in [0.25, 0.3) is 0 Å². The van der Waals surface area contributed by atoms with Crippen molar-refractivity contribution in [2.45, 2.75) is 85.0 Å². The first-order chi connectivity index (χ1) is 14.3. The third kappa shape index (κ3) is 11.7. The summed E-state index contributed by atoms with van der Waals surface area (Å²) in [6.07, 6.45) is 0.958. The van der Waals surface area contributed by atoms with Gasteiger partial charge in [0.05, 0.1) is 12.6 Å². The lowest BCUT2D eigenvalue weighted by atomic mass is 10.00. The average Bonchev–Trinajstić information content (AvgIpc) is 2.63. The van der Waals surface area contributed by atoms with Crippen LogP contribution in [-0.2, 0) is 19.2 Å². The summed E-state index contributed by atoms with van der Waals surface area (Å²) in [4.78, 5) is 48.9. The molecule has 0 radical (unpaired) electrons. The van der Waals surface area contributed by atoms with E-state index < -0.39 is 54.5 Å². The fraction of sp³-hybridized carbons (Fsp3) is 0.810. The van der Waals surface area contributed by atoms with Gasteiger partial charge in [0.1, 0.15) is 18.1 Å². The Morgan fingerprint density at radius 3 is 1.48 bits per heavy atom. The molecule has 0 aromatic carbocycles. The smallest absolute Gasteiger partial charge is 0.326 e. The minimum atomic E-state index is -1.35. The van der Waals surface area contributed by atoms with Crippen molar-refractivity contribution in [3.8, 4) is 0 Å². The second-order valence-electron chi connectivity index (χ2n) is 9.20. The lowest BCUT2D eigenvalue weighted by molar-refractivity contribution is -0.143. The number of carboxylic acid groups (broad SMARTS) is 1. The van der Waals surface area contributed by atoms with Crippen molar-refractivity contribution in [1.29, 1.82) is 0 Å². The molecule has 10 heteroatoms. The van der Waals surface area contributed by atoms with Gasteiger partial charge in [-0.1, -0.05) is 41.5 Å². The van der Waals surface area contributed by atoms with E-state index in [2.05, 4.69) is 16.0 Å². The van der Waals surface area contributed by atoms with Gasteiger partial charge in [0.15, 0.2) is 0 Å². The molecule has 31 heavy (non-hydrogen) atoms. The lowest BCUT2D eigenvalue weighted by Crippen LogP contribution is -2.58. The van der Waals surface area contributed by atoms with Crippen LogP contribution >= 0.6 is 0 Å². The Morgan fingerprint density at radius 2 is 1.06 bits per heavy atom. The van der Waals surface area contributed by atoms with Crippen molar-refractivity contribution < 1.29 is 29.4 Å². The Kier molecular flexibility index (Phi) is 13.0. The largest absolute Gasteiger partial charge is 0.480 e. The number of aliphatic hydroxyl groups excluding tert-OH is 1. The predicted molar refractivity (Wildman–Crippen MR) is 117 cm³/mol. The topological polar surface area (TPSA) is 171 Å². The highest BCUT2D eigenvalue weighted by Crippen LogP contribution is 2.09. The van der Waals surface area contributed by atoms with Gasteiger partial charge < -0.3 is 31.9 Å². The Labute approximate surface area is 184 Å². The maximum absolute atomic E-state index is 12.8. The number of carbonyl (C=O) groups is 4. The molecule has 0 saturated heterocycles. The summed E-state index contributed by atoms with van der Waals surface area (Å²) < 4.78 is 0. The first kappa shape index (κ1) is 28.8. The van der Waals surface area contributed by atoms with Crippen LogP contribution in [0.5, 0.6) is 0 Å². The Balaban J connectivity index is 5.23. The van der Waals surface area contributed by atoms with Crippen LogP contribution in [0.2, 0.25) is 0 Å². The third-order valence-electron chi connectivity index (χ3n) is 4.54. The van der Waals surface area contributed by atoms with Crippen LogP contribution in [0.15, 0.2) is 0 Å². The molecule has 0 aliphatic carbocycles. The number of hydrogen-bond donors (Lipinski definition) is 6. The second-order valence-corrected chi connectivity index (χ2v) is 9.20. The molecule has 0 aromatic rings. The second kappa shape index (κ2) is 14.0. The number of amides is 3. The molecular formula is C21H40N4O6. The van der Waals surface area contributed by atoms with Crippen LogP contribution in [-0.4, -0.2) is 64.7 Å². The number of carbonyl (C=O) groups excluding carboxylic acids is 3. The van der Waals surface area contributed by atoms with Crippen molar-refractivity contribution in [2.24, 2.45) is 23.5 Å². The van der Waals surface area contributed by atoms with Crippen LogP contribution < -0.4 is 21.7 Å². The Hall–Kier alpha value is -2.20. The van der Waals surface area contributed by atoms with Crippen LogP contribution in [0, 0.1) is 17.8 Å². The monoisotopic (exact) mass is 444 g/mol. The zero-order chi connectivity index (χ0) is 24.3.